The van der Waals surface area contributed by atoms with Crippen molar-refractivity contribution >= 4 is 22.5 Å². The monoisotopic (exact) mass is 270 g/mol. The first kappa shape index (κ1) is 13.9. The molecule has 0 heterocycles. The fourth-order valence-corrected chi connectivity index (χ4v) is 2.99. The minimum absolute atomic E-state index is 0.467. The van der Waals surface area contributed by atoms with Crippen molar-refractivity contribution in [2.75, 3.05) is 12.3 Å². The fraction of sp³-hybridized carbons (Fsp3) is 0.312. The molecule has 3 heteroatoms. The highest BCUT2D eigenvalue weighted by Gasteiger charge is 2.22. The third-order valence-electron chi connectivity index (χ3n) is 3.06. The van der Waals surface area contributed by atoms with Crippen LogP contribution in [0.25, 0.3) is 10.8 Å². The van der Waals surface area contributed by atoms with Gasteiger partial charge in [-0.2, -0.15) is 5.26 Å². The predicted molar refractivity (Wildman–Crippen MR) is 82.4 cm³/mol. The van der Waals surface area contributed by atoms with Crippen LogP contribution < -0.4 is 5.32 Å². The van der Waals surface area contributed by atoms with Crippen LogP contribution in [0.15, 0.2) is 47.4 Å². The van der Waals surface area contributed by atoms with Gasteiger partial charge in [0.15, 0.2) is 0 Å². The number of benzene rings is 2. The Morgan fingerprint density at radius 2 is 1.95 bits per heavy atom. The van der Waals surface area contributed by atoms with Gasteiger partial charge in [-0.25, -0.2) is 0 Å². The molecule has 0 bridgehead atoms. The number of hydrogen-bond donors (Lipinski definition) is 1. The first-order valence-electron chi connectivity index (χ1n) is 6.45. The Bertz CT molecular complexity index is 603. The molecule has 2 aromatic rings. The summed E-state index contributed by atoms with van der Waals surface area (Å²) in [6.45, 7) is 4.78. The molecule has 98 valence electrons. The van der Waals surface area contributed by atoms with Gasteiger partial charge in [0.1, 0.15) is 5.54 Å². The molecule has 0 radical (unpaired) electrons. The van der Waals surface area contributed by atoms with Crippen LogP contribution in [-0.4, -0.2) is 17.8 Å². The Kier molecular flexibility index (Phi) is 4.47. The number of thioether (sulfide) groups is 1. The van der Waals surface area contributed by atoms with E-state index in [9.17, 15) is 5.26 Å². The first-order valence-corrected chi connectivity index (χ1v) is 7.43. The summed E-state index contributed by atoms with van der Waals surface area (Å²) in [5, 5.41) is 15.0. The van der Waals surface area contributed by atoms with Crippen molar-refractivity contribution in [3.8, 4) is 6.07 Å². The lowest BCUT2D eigenvalue weighted by molar-refractivity contribution is 0.511. The van der Waals surface area contributed by atoms with Crippen LogP contribution in [0.1, 0.15) is 13.8 Å². The summed E-state index contributed by atoms with van der Waals surface area (Å²) in [5.41, 5.74) is -0.467. The molecule has 0 aliphatic heterocycles. The molecule has 0 saturated carbocycles. The summed E-state index contributed by atoms with van der Waals surface area (Å²) in [6.07, 6.45) is 0. The number of nitrogens with zero attached hydrogens (tertiary/aromatic N) is 1. The molecule has 2 aromatic carbocycles. The van der Waals surface area contributed by atoms with Crippen LogP contribution in [-0.2, 0) is 0 Å². The molecule has 0 aromatic heterocycles. The zero-order valence-corrected chi connectivity index (χ0v) is 12.1. The first-order chi connectivity index (χ1) is 9.17. The minimum atomic E-state index is -0.467. The summed E-state index contributed by atoms with van der Waals surface area (Å²) >= 11 is 1.72. The Balaban J connectivity index is 2.11. The average Bonchev–Trinajstić information content (AvgIpc) is 2.45. The molecule has 0 amide bonds. The van der Waals surface area contributed by atoms with E-state index >= 15 is 0 Å². The summed E-state index contributed by atoms with van der Waals surface area (Å²) < 4.78 is 0. The average molecular weight is 270 g/mol. The molecule has 0 saturated heterocycles. The molecule has 2 rings (SSSR count). The smallest absolute Gasteiger partial charge is 0.113 e. The van der Waals surface area contributed by atoms with E-state index in [0.717, 1.165) is 12.3 Å². The van der Waals surface area contributed by atoms with Gasteiger partial charge in [0.2, 0.25) is 0 Å². The number of hydrogen-bond acceptors (Lipinski definition) is 3. The van der Waals surface area contributed by atoms with Gasteiger partial charge in [0.25, 0.3) is 0 Å². The van der Waals surface area contributed by atoms with Gasteiger partial charge in [0.05, 0.1) is 6.07 Å². The number of nitrogens with one attached hydrogen (secondary N) is 1. The summed E-state index contributed by atoms with van der Waals surface area (Å²) in [6, 6.07) is 17.1. The van der Waals surface area contributed by atoms with Crippen molar-refractivity contribution < 1.29 is 0 Å². The lowest BCUT2D eigenvalue weighted by Gasteiger charge is -2.21. The van der Waals surface area contributed by atoms with Crippen molar-refractivity contribution in [3.05, 3.63) is 42.5 Å². The maximum Gasteiger partial charge on any atom is 0.113 e. The number of fused-ring (bicyclic) bond motifs is 1. The Morgan fingerprint density at radius 1 is 1.21 bits per heavy atom. The lowest BCUT2D eigenvalue weighted by Crippen LogP contribution is -2.43. The van der Waals surface area contributed by atoms with Crippen molar-refractivity contribution in [2.24, 2.45) is 0 Å². The molecule has 0 fully saturated rings. The molecule has 0 spiro atoms. The van der Waals surface area contributed by atoms with Crippen molar-refractivity contribution in [1.82, 2.24) is 5.32 Å². The van der Waals surface area contributed by atoms with E-state index in [1.165, 1.54) is 15.7 Å². The van der Waals surface area contributed by atoms with E-state index in [-0.39, 0.29) is 0 Å². The van der Waals surface area contributed by atoms with E-state index in [4.69, 9.17) is 0 Å². The van der Waals surface area contributed by atoms with Crippen molar-refractivity contribution in [2.45, 2.75) is 24.3 Å². The quantitative estimate of drug-likeness (QED) is 0.839. The van der Waals surface area contributed by atoms with Crippen LogP contribution in [0.2, 0.25) is 0 Å². The molecule has 1 atom stereocenters. The second-order valence-corrected chi connectivity index (χ2v) is 5.82. The Morgan fingerprint density at radius 3 is 2.63 bits per heavy atom. The Labute approximate surface area is 118 Å². The molecule has 2 nitrogen and oxygen atoms in total. The highest BCUT2D eigenvalue weighted by molar-refractivity contribution is 7.99. The van der Waals surface area contributed by atoms with Gasteiger partial charge in [0, 0.05) is 10.6 Å². The van der Waals surface area contributed by atoms with E-state index in [1.807, 2.05) is 19.9 Å². The highest BCUT2D eigenvalue weighted by Crippen LogP contribution is 2.26. The van der Waals surface area contributed by atoms with Gasteiger partial charge in [-0.3, -0.25) is 5.32 Å². The SMILES string of the molecule is CCNC(C)(C#N)CSc1ccc2ccccc2c1. The molecular weight excluding hydrogens is 252 g/mol. The zero-order chi connectivity index (χ0) is 13.7. The topological polar surface area (TPSA) is 35.8 Å². The minimum Gasteiger partial charge on any atom is -0.299 e. The number of rotatable bonds is 5. The number of nitriles is 1. The maximum atomic E-state index is 9.24. The standard InChI is InChI=1S/C16H18N2S/c1-3-18-16(2,11-17)12-19-15-9-8-13-6-4-5-7-14(13)10-15/h4-10,18H,3,12H2,1-2H3. The van der Waals surface area contributed by atoms with E-state index in [0.29, 0.717) is 0 Å². The Hall–Kier alpha value is -1.50. The maximum absolute atomic E-state index is 9.24. The third kappa shape index (κ3) is 3.50. The highest BCUT2D eigenvalue weighted by atomic mass is 32.2. The van der Waals surface area contributed by atoms with E-state index < -0.39 is 5.54 Å². The third-order valence-corrected chi connectivity index (χ3v) is 4.37. The lowest BCUT2D eigenvalue weighted by atomic mass is 10.1. The second-order valence-electron chi connectivity index (χ2n) is 4.77. The van der Waals surface area contributed by atoms with Gasteiger partial charge in [-0.05, 0) is 36.4 Å². The summed E-state index contributed by atoms with van der Waals surface area (Å²) in [7, 11) is 0. The molecule has 1 N–H and O–H groups in total. The molecule has 19 heavy (non-hydrogen) atoms. The van der Waals surface area contributed by atoms with Gasteiger partial charge in [-0.1, -0.05) is 37.3 Å². The van der Waals surface area contributed by atoms with Crippen LogP contribution in [0.3, 0.4) is 0 Å². The molecule has 0 aliphatic rings. The van der Waals surface area contributed by atoms with Crippen LogP contribution in [0, 0.1) is 11.3 Å². The van der Waals surface area contributed by atoms with Gasteiger partial charge < -0.3 is 0 Å². The zero-order valence-electron chi connectivity index (χ0n) is 11.3. The summed E-state index contributed by atoms with van der Waals surface area (Å²) in [5.74, 6) is 0.746. The van der Waals surface area contributed by atoms with Crippen molar-refractivity contribution in [1.29, 1.82) is 5.26 Å². The summed E-state index contributed by atoms with van der Waals surface area (Å²) in [4.78, 5) is 1.21. The van der Waals surface area contributed by atoms with Crippen LogP contribution >= 0.6 is 11.8 Å². The van der Waals surface area contributed by atoms with Crippen molar-refractivity contribution in [3.63, 3.8) is 0 Å². The van der Waals surface area contributed by atoms with Crippen LogP contribution in [0.4, 0.5) is 0 Å². The van der Waals surface area contributed by atoms with Gasteiger partial charge in [-0.15, -0.1) is 11.8 Å². The predicted octanol–water partition coefficient (Wildman–Crippen LogP) is 3.82. The molecule has 0 aliphatic carbocycles. The fourth-order valence-electron chi connectivity index (χ4n) is 2.00. The van der Waals surface area contributed by atoms with Gasteiger partial charge >= 0.3 is 0 Å². The van der Waals surface area contributed by atoms with Crippen LogP contribution in [0.5, 0.6) is 0 Å². The van der Waals surface area contributed by atoms with E-state index in [1.54, 1.807) is 11.8 Å². The normalized spacial score (nSPS) is 13.9. The molecular formula is C16H18N2S. The van der Waals surface area contributed by atoms with E-state index in [2.05, 4.69) is 47.8 Å². The molecule has 1 unspecified atom stereocenters. The second kappa shape index (κ2) is 6.10. The largest absolute Gasteiger partial charge is 0.299 e.